The lowest BCUT2D eigenvalue weighted by Gasteiger charge is -1.97. The van der Waals surface area contributed by atoms with Gasteiger partial charge < -0.3 is 15.5 Å². The van der Waals surface area contributed by atoms with Crippen LogP contribution < -0.4 is 11.1 Å². The molecule has 0 spiro atoms. The van der Waals surface area contributed by atoms with E-state index in [9.17, 15) is 4.79 Å². The minimum atomic E-state index is -0.427. The Bertz CT molecular complexity index is 781. The summed E-state index contributed by atoms with van der Waals surface area (Å²) in [5, 5.41) is 5.40. The van der Waals surface area contributed by atoms with Gasteiger partial charge in [-0.25, -0.2) is 0 Å². The van der Waals surface area contributed by atoms with E-state index in [1.54, 1.807) is 29.6 Å². The molecule has 7 heteroatoms. The molecule has 3 aromatic rings. The standard InChI is InChI=1S/C13H10ClN3O2S/c14-8-1-2-11-10(4-8)17-13(19-11)16-5-9-3-7(6-20-9)12(15)18/h1-4,6H,5H2,(H2,15,18)(H,16,17). The Morgan fingerprint density at radius 2 is 2.30 bits per heavy atom. The van der Waals surface area contributed by atoms with E-state index in [-0.39, 0.29) is 0 Å². The molecule has 3 rings (SSSR count). The summed E-state index contributed by atoms with van der Waals surface area (Å²) in [5.41, 5.74) is 7.08. The monoisotopic (exact) mass is 307 g/mol. The average molecular weight is 308 g/mol. The van der Waals surface area contributed by atoms with E-state index in [1.807, 2.05) is 0 Å². The van der Waals surface area contributed by atoms with E-state index >= 15 is 0 Å². The molecule has 1 amide bonds. The number of nitrogens with zero attached hydrogens (tertiary/aromatic N) is 1. The van der Waals surface area contributed by atoms with Crippen LogP contribution in [0.15, 0.2) is 34.1 Å². The minimum Gasteiger partial charge on any atom is -0.424 e. The number of fused-ring (bicyclic) bond motifs is 1. The van der Waals surface area contributed by atoms with Crippen molar-refractivity contribution in [2.45, 2.75) is 6.54 Å². The summed E-state index contributed by atoms with van der Waals surface area (Å²) >= 11 is 7.34. The van der Waals surface area contributed by atoms with Crippen molar-refractivity contribution in [1.82, 2.24) is 4.98 Å². The number of aromatic nitrogens is 1. The predicted molar refractivity (Wildman–Crippen MR) is 79.2 cm³/mol. The Kier molecular flexibility index (Phi) is 3.33. The average Bonchev–Trinajstić information content (AvgIpc) is 3.01. The molecular formula is C13H10ClN3O2S. The van der Waals surface area contributed by atoms with Crippen LogP contribution in [-0.4, -0.2) is 10.9 Å². The van der Waals surface area contributed by atoms with E-state index in [1.165, 1.54) is 11.3 Å². The molecule has 0 fully saturated rings. The van der Waals surface area contributed by atoms with E-state index < -0.39 is 5.91 Å². The Balaban J connectivity index is 1.74. The van der Waals surface area contributed by atoms with Crippen molar-refractivity contribution in [1.29, 1.82) is 0 Å². The fourth-order valence-electron chi connectivity index (χ4n) is 1.74. The van der Waals surface area contributed by atoms with Gasteiger partial charge >= 0.3 is 0 Å². The molecule has 0 aliphatic rings. The number of carbonyl (C=O) groups excluding carboxylic acids is 1. The quantitative estimate of drug-likeness (QED) is 0.775. The first kappa shape index (κ1) is 13.0. The first-order valence-electron chi connectivity index (χ1n) is 5.79. The largest absolute Gasteiger partial charge is 0.424 e. The minimum absolute atomic E-state index is 0.413. The molecule has 0 aliphatic carbocycles. The lowest BCUT2D eigenvalue weighted by Crippen LogP contribution is -2.09. The summed E-state index contributed by atoms with van der Waals surface area (Å²) in [4.78, 5) is 16.3. The third-order valence-electron chi connectivity index (χ3n) is 2.70. The van der Waals surface area contributed by atoms with Gasteiger partial charge in [0, 0.05) is 15.3 Å². The molecule has 2 heterocycles. The Labute approximate surface area is 123 Å². The second-order valence-electron chi connectivity index (χ2n) is 4.15. The zero-order valence-corrected chi connectivity index (χ0v) is 11.8. The maximum atomic E-state index is 11.0. The number of oxazole rings is 1. The van der Waals surface area contributed by atoms with Crippen molar-refractivity contribution < 1.29 is 9.21 Å². The van der Waals surface area contributed by atoms with Crippen LogP contribution in [0.1, 0.15) is 15.2 Å². The third-order valence-corrected chi connectivity index (χ3v) is 3.87. The zero-order valence-electron chi connectivity index (χ0n) is 10.2. The fraction of sp³-hybridized carbons (Fsp3) is 0.0769. The first-order chi connectivity index (χ1) is 9.61. The highest BCUT2D eigenvalue weighted by atomic mass is 35.5. The molecule has 20 heavy (non-hydrogen) atoms. The molecule has 0 saturated carbocycles. The number of hydrogen-bond donors (Lipinski definition) is 2. The fourth-order valence-corrected chi connectivity index (χ4v) is 2.72. The summed E-state index contributed by atoms with van der Waals surface area (Å²) < 4.78 is 5.53. The Morgan fingerprint density at radius 3 is 3.05 bits per heavy atom. The summed E-state index contributed by atoms with van der Waals surface area (Å²) in [6, 6.07) is 7.42. The summed E-state index contributed by atoms with van der Waals surface area (Å²) in [6.45, 7) is 0.512. The van der Waals surface area contributed by atoms with Crippen LogP contribution in [-0.2, 0) is 6.54 Å². The van der Waals surface area contributed by atoms with Crippen molar-refractivity contribution in [3.05, 3.63) is 45.1 Å². The van der Waals surface area contributed by atoms with Gasteiger partial charge in [-0.05, 0) is 24.3 Å². The topological polar surface area (TPSA) is 81.2 Å². The van der Waals surface area contributed by atoms with Gasteiger partial charge in [0.25, 0.3) is 6.01 Å². The molecule has 0 radical (unpaired) electrons. The molecule has 1 aromatic carbocycles. The molecule has 0 atom stereocenters. The highest BCUT2D eigenvalue weighted by Crippen LogP contribution is 2.23. The van der Waals surface area contributed by atoms with Gasteiger partial charge in [0.05, 0.1) is 12.1 Å². The van der Waals surface area contributed by atoms with Crippen molar-refractivity contribution in [3.8, 4) is 0 Å². The number of carbonyl (C=O) groups is 1. The van der Waals surface area contributed by atoms with Crippen LogP contribution >= 0.6 is 22.9 Å². The molecule has 102 valence electrons. The van der Waals surface area contributed by atoms with Crippen molar-refractivity contribution in [2.75, 3.05) is 5.32 Å². The molecular weight excluding hydrogens is 298 g/mol. The van der Waals surface area contributed by atoms with Gasteiger partial charge in [-0.3, -0.25) is 4.79 Å². The Morgan fingerprint density at radius 1 is 1.45 bits per heavy atom. The number of rotatable bonds is 4. The number of nitrogens with two attached hydrogens (primary N) is 1. The summed E-state index contributed by atoms with van der Waals surface area (Å²) in [6.07, 6.45) is 0. The SMILES string of the molecule is NC(=O)c1csc(CNc2nc3cc(Cl)ccc3o2)c1. The maximum absolute atomic E-state index is 11.0. The first-order valence-corrected chi connectivity index (χ1v) is 7.05. The number of amides is 1. The van der Waals surface area contributed by atoms with Gasteiger partial charge in [-0.15, -0.1) is 11.3 Å². The number of thiophene rings is 1. The predicted octanol–water partition coefficient (Wildman–Crippen LogP) is 3.25. The normalized spacial score (nSPS) is 10.8. The number of anilines is 1. The van der Waals surface area contributed by atoms with Crippen LogP contribution in [0.4, 0.5) is 6.01 Å². The van der Waals surface area contributed by atoms with E-state index in [2.05, 4.69) is 10.3 Å². The lowest BCUT2D eigenvalue weighted by atomic mass is 10.3. The molecule has 3 N–H and O–H groups in total. The van der Waals surface area contributed by atoms with Gasteiger partial charge in [-0.1, -0.05) is 11.6 Å². The van der Waals surface area contributed by atoms with E-state index in [0.29, 0.717) is 34.2 Å². The van der Waals surface area contributed by atoms with Crippen LogP contribution in [0.3, 0.4) is 0 Å². The van der Waals surface area contributed by atoms with Crippen LogP contribution in [0.2, 0.25) is 5.02 Å². The molecule has 0 bridgehead atoms. The highest BCUT2D eigenvalue weighted by molar-refractivity contribution is 7.10. The van der Waals surface area contributed by atoms with Crippen LogP contribution in [0.25, 0.3) is 11.1 Å². The molecule has 5 nitrogen and oxygen atoms in total. The molecule has 0 unspecified atom stereocenters. The second kappa shape index (κ2) is 5.15. The number of nitrogens with one attached hydrogen (secondary N) is 1. The number of hydrogen-bond acceptors (Lipinski definition) is 5. The summed E-state index contributed by atoms with van der Waals surface area (Å²) in [5.74, 6) is -0.427. The van der Waals surface area contributed by atoms with Crippen molar-refractivity contribution in [3.63, 3.8) is 0 Å². The highest BCUT2D eigenvalue weighted by Gasteiger charge is 2.08. The second-order valence-corrected chi connectivity index (χ2v) is 5.58. The summed E-state index contributed by atoms with van der Waals surface area (Å²) in [7, 11) is 0. The van der Waals surface area contributed by atoms with E-state index in [0.717, 1.165) is 4.88 Å². The number of benzene rings is 1. The lowest BCUT2D eigenvalue weighted by molar-refractivity contribution is 0.100. The van der Waals surface area contributed by atoms with E-state index in [4.69, 9.17) is 21.8 Å². The number of primary amides is 1. The van der Waals surface area contributed by atoms with Crippen molar-refractivity contribution >= 4 is 46.0 Å². The maximum Gasteiger partial charge on any atom is 0.295 e. The van der Waals surface area contributed by atoms with Gasteiger partial charge in [0.15, 0.2) is 5.58 Å². The van der Waals surface area contributed by atoms with Crippen molar-refractivity contribution in [2.24, 2.45) is 5.73 Å². The smallest absolute Gasteiger partial charge is 0.295 e. The van der Waals surface area contributed by atoms with Gasteiger partial charge in [-0.2, -0.15) is 4.98 Å². The molecule has 0 saturated heterocycles. The number of halogens is 1. The zero-order chi connectivity index (χ0) is 14.1. The molecule has 0 aliphatic heterocycles. The van der Waals surface area contributed by atoms with Gasteiger partial charge in [0.1, 0.15) is 5.52 Å². The molecule has 2 aromatic heterocycles. The van der Waals surface area contributed by atoms with Crippen LogP contribution in [0.5, 0.6) is 0 Å². The Hall–Kier alpha value is -2.05. The third kappa shape index (κ3) is 2.61. The van der Waals surface area contributed by atoms with Gasteiger partial charge in [0.2, 0.25) is 5.91 Å². The van der Waals surface area contributed by atoms with Crippen LogP contribution in [0, 0.1) is 0 Å².